The van der Waals surface area contributed by atoms with Gasteiger partial charge in [-0.25, -0.2) is 4.68 Å². The summed E-state index contributed by atoms with van der Waals surface area (Å²) in [4.78, 5) is 4.11. The minimum absolute atomic E-state index is 0.540. The number of nitrogens with two attached hydrogens (primary N) is 1. The molecule has 5 nitrogen and oxygen atoms in total. The molecule has 0 unspecified atom stereocenters. The van der Waals surface area contributed by atoms with Gasteiger partial charge in [0.2, 0.25) is 0 Å². The largest absolute Gasteiger partial charge is 0.495 e. The van der Waals surface area contributed by atoms with E-state index in [0.717, 1.165) is 28.1 Å². The van der Waals surface area contributed by atoms with Crippen LogP contribution in [0, 0.1) is 0 Å². The van der Waals surface area contributed by atoms with Crippen LogP contribution in [0.3, 0.4) is 0 Å². The monoisotopic (exact) mass is 376 g/mol. The maximum atomic E-state index is 6.34. The van der Waals surface area contributed by atoms with E-state index in [9.17, 15) is 0 Å². The molecule has 4 aromatic rings. The molecule has 6 heteroatoms. The zero-order chi connectivity index (χ0) is 18.8. The summed E-state index contributed by atoms with van der Waals surface area (Å²) in [6, 6.07) is 17.1. The van der Waals surface area contributed by atoms with Crippen LogP contribution in [0.1, 0.15) is 0 Å². The fourth-order valence-electron chi connectivity index (χ4n) is 2.90. The lowest BCUT2D eigenvalue weighted by atomic mass is 10.0. The fourth-order valence-corrected chi connectivity index (χ4v) is 3.16. The SMILES string of the molecule is COc1ccc(-c2nn(-c3ccc(N)cc3)cc2-c2ccncc2)cc1Cl. The van der Waals surface area contributed by atoms with Gasteiger partial charge in [0.05, 0.1) is 17.8 Å². The molecule has 0 aliphatic rings. The summed E-state index contributed by atoms with van der Waals surface area (Å²) in [5, 5.41) is 5.35. The Hall–Kier alpha value is -3.31. The van der Waals surface area contributed by atoms with E-state index in [1.165, 1.54) is 0 Å². The van der Waals surface area contributed by atoms with Gasteiger partial charge in [0.25, 0.3) is 0 Å². The van der Waals surface area contributed by atoms with E-state index in [1.807, 2.05) is 65.5 Å². The first-order valence-electron chi connectivity index (χ1n) is 8.35. The third-order valence-electron chi connectivity index (χ3n) is 4.29. The summed E-state index contributed by atoms with van der Waals surface area (Å²) in [5.41, 5.74) is 11.2. The van der Waals surface area contributed by atoms with Crippen molar-refractivity contribution in [2.75, 3.05) is 12.8 Å². The Bertz CT molecular complexity index is 1080. The minimum atomic E-state index is 0.540. The van der Waals surface area contributed by atoms with Crippen molar-refractivity contribution in [1.82, 2.24) is 14.8 Å². The van der Waals surface area contributed by atoms with Gasteiger partial charge in [-0.05, 0) is 60.2 Å². The van der Waals surface area contributed by atoms with Gasteiger partial charge >= 0.3 is 0 Å². The molecule has 0 bridgehead atoms. The lowest BCUT2D eigenvalue weighted by Crippen LogP contribution is -1.95. The Morgan fingerprint density at radius 2 is 1.70 bits per heavy atom. The molecule has 0 atom stereocenters. The van der Waals surface area contributed by atoms with Gasteiger partial charge < -0.3 is 10.5 Å². The van der Waals surface area contributed by atoms with Crippen molar-refractivity contribution in [3.63, 3.8) is 0 Å². The van der Waals surface area contributed by atoms with E-state index in [2.05, 4.69) is 4.98 Å². The number of hydrogen-bond acceptors (Lipinski definition) is 4. The smallest absolute Gasteiger partial charge is 0.137 e. The number of benzene rings is 2. The summed E-state index contributed by atoms with van der Waals surface area (Å²) in [5.74, 6) is 0.629. The molecule has 0 fully saturated rings. The number of aromatic nitrogens is 3. The standard InChI is InChI=1S/C21H17ClN4O/c1-27-20-7-2-15(12-19(20)22)21-18(14-8-10-24-11-9-14)13-26(25-21)17-5-3-16(23)4-6-17/h2-13H,23H2,1H3. The van der Waals surface area contributed by atoms with Crippen molar-refractivity contribution in [1.29, 1.82) is 0 Å². The van der Waals surface area contributed by atoms with Crippen LogP contribution in [0.5, 0.6) is 5.75 Å². The lowest BCUT2D eigenvalue weighted by Gasteiger charge is -2.06. The van der Waals surface area contributed by atoms with Crippen LogP contribution >= 0.6 is 11.6 Å². The molecule has 2 N–H and O–H groups in total. The van der Waals surface area contributed by atoms with Gasteiger partial charge in [-0.15, -0.1) is 0 Å². The molecule has 4 rings (SSSR count). The molecule has 0 amide bonds. The van der Waals surface area contributed by atoms with Gasteiger partial charge in [-0.2, -0.15) is 5.10 Å². The van der Waals surface area contributed by atoms with Gasteiger partial charge in [-0.3, -0.25) is 4.98 Å². The van der Waals surface area contributed by atoms with Crippen molar-refractivity contribution < 1.29 is 4.74 Å². The van der Waals surface area contributed by atoms with Crippen molar-refractivity contribution in [3.8, 4) is 33.8 Å². The van der Waals surface area contributed by atoms with Crippen molar-refractivity contribution in [2.24, 2.45) is 0 Å². The van der Waals surface area contributed by atoms with E-state index in [4.69, 9.17) is 27.2 Å². The van der Waals surface area contributed by atoms with Crippen molar-refractivity contribution >= 4 is 17.3 Å². The fraction of sp³-hybridized carbons (Fsp3) is 0.0476. The minimum Gasteiger partial charge on any atom is -0.495 e. The number of anilines is 1. The summed E-state index contributed by atoms with van der Waals surface area (Å²) >= 11 is 6.34. The Balaban J connectivity index is 1.88. The van der Waals surface area contributed by atoms with Crippen LogP contribution in [-0.2, 0) is 0 Å². The normalized spacial score (nSPS) is 10.7. The average molecular weight is 377 g/mol. The number of nitrogen functional groups attached to an aromatic ring is 1. The second-order valence-electron chi connectivity index (χ2n) is 6.01. The predicted octanol–water partition coefficient (Wildman–Crippen LogP) is 4.85. The van der Waals surface area contributed by atoms with E-state index < -0.39 is 0 Å². The molecule has 0 spiro atoms. The Morgan fingerprint density at radius 1 is 0.963 bits per heavy atom. The Labute approximate surface area is 162 Å². The van der Waals surface area contributed by atoms with E-state index in [-0.39, 0.29) is 0 Å². The van der Waals surface area contributed by atoms with Gasteiger partial charge in [-0.1, -0.05) is 11.6 Å². The number of nitrogens with zero attached hydrogens (tertiary/aromatic N) is 3. The first-order valence-corrected chi connectivity index (χ1v) is 8.73. The van der Waals surface area contributed by atoms with Crippen LogP contribution in [0.15, 0.2) is 73.2 Å². The molecule has 2 aromatic carbocycles. The maximum absolute atomic E-state index is 6.34. The van der Waals surface area contributed by atoms with E-state index >= 15 is 0 Å². The van der Waals surface area contributed by atoms with E-state index in [0.29, 0.717) is 16.5 Å². The van der Waals surface area contributed by atoms with Gasteiger partial charge in [0.1, 0.15) is 11.4 Å². The third kappa shape index (κ3) is 3.37. The molecule has 27 heavy (non-hydrogen) atoms. The van der Waals surface area contributed by atoms with Gasteiger partial charge in [0, 0.05) is 35.4 Å². The van der Waals surface area contributed by atoms with Crippen LogP contribution < -0.4 is 10.5 Å². The molecule has 0 saturated carbocycles. The van der Waals surface area contributed by atoms with Gasteiger partial charge in [0.15, 0.2) is 0 Å². The molecular formula is C21H17ClN4O. The van der Waals surface area contributed by atoms with Crippen LogP contribution in [0.2, 0.25) is 5.02 Å². The Kier molecular flexibility index (Phi) is 4.52. The van der Waals surface area contributed by atoms with Crippen LogP contribution in [0.4, 0.5) is 5.69 Å². The summed E-state index contributed by atoms with van der Waals surface area (Å²) in [6.07, 6.45) is 5.52. The zero-order valence-corrected chi connectivity index (χ0v) is 15.4. The number of rotatable bonds is 4. The molecule has 134 valence electrons. The number of methoxy groups -OCH3 is 1. The highest BCUT2D eigenvalue weighted by Gasteiger charge is 2.15. The zero-order valence-electron chi connectivity index (χ0n) is 14.6. The number of ether oxygens (including phenoxy) is 1. The number of hydrogen-bond donors (Lipinski definition) is 1. The molecular weight excluding hydrogens is 360 g/mol. The molecule has 0 aliphatic heterocycles. The number of pyridine rings is 1. The quantitative estimate of drug-likeness (QED) is 0.517. The average Bonchev–Trinajstić information content (AvgIpc) is 3.14. The van der Waals surface area contributed by atoms with Crippen LogP contribution in [0.25, 0.3) is 28.1 Å². The molecule has 0 aliphatic carbocycles. The third-order valence-corrected chi connectivity index (χ3v) is 4.58. The second-order valence-corrected chi connectivity index (χ2v) is 6.42. The highest BCUT2D eigenvalue weighted by atomic mass is 35.5. The summed E-state index contributed by atoms with van der Waals surface area (Å²) in [7, 11) is 1.60. The first kappa shape index (κ1) is 17.1. The molecule has 2 heterocycles. The molecule has 0 radical (unpaired) electrons. The van der Waals surface area contributed by atoms with Crippen molar-refractivity contribution in [3.05, 3.63) is 78.2 Å². The highest BCUT2D eigenvalue weighted by molar-refractivity contribution is 6.32. The predicted molar refractivity (Wildman–Crippen MR) is 108 cm³/mol. The summed E-state index contributed by atoms with van der Waals surface area (Å²) < 4.78 is 7.09. The second kappa shape index (κ2) is 7.13. The van der Waals surface area contributed by atoms with Crippen molar-refractivity contribution in [2.45, 2.75) is 0 Å². The Morgan fingerprint density at radius 3 is 2.37 bits per heavy atom. The first-order chi connectivity index (χ1) is 13.2. The van der Waals surface area contributed by atoms with E-state index in [1.54, 1.807) is 19.5 Å². The topological polar surface area (TPSA) is 66.0 Å². The lowest BCUT2D eigenvalue weighted by molar-refractivity contribution is 0.415. The number of halogens is 1. The summed E-state index contributed by atoms with van der Waals surface area (Å²) in [6.45, 7) is 0. The molecule has 0 saturated heterocycles. The maximum Gasteiger partial charge on any atom is 0.137 e. The van der Waals surface area contributed by atoms with Crippen LogP contribution in [-0.4, -0.2) is 21.9 Å². The highest BCUT2D eigenvalue weighted by Crippen LogP contribution is 2.35. The molecule has 2 aromatic heterocycles.